The zero-order valence-electron chi connectivity index (χ0n) is 21.9. The first-order valence-corrected chi connectivity index (χ1v) is 11.9. The van der Waals surface area contributed by atoms with Gasteiger partial charge >= 0.3 is 6.09 Å². The summed E-state index contributed by atoms with van der Waals surface area (Å²) in [6, 6.07) is 10.8. The van der Waals surface area contributed by atoms with Crippen LogP contribution in [0.3, 0.4) is 0 Å². The van der Waals surface area contributed by atoms with Gasteiger partial charge in [0.1, 0.15) is 23.4 Å². The zero-order valence-corrected chi connectivity index (χ0v) is 21.9. The molecule has 0 aliphatic heterocycles. The minimum atomic E-state index is -1.03. The third kappa shape index (κ3) is 8.45. The molecule has 36 heavy (non-hydrogen) atoms. The van der Waals surface area contributed by atoms with Gasteiger partial charge in [0.25, 0.3) is 0 Å². The molecule has 0 spiro atoms. The van der Waals surface area contributed by atoms with Crippen molar-refractivity contribution in [2.45, 2.75) is 65.6 Å². The number of nitrogens with zero attached hydrogens (tertiary/aromatic N) is 1. The van der Waals surface area contributed by atoms with Crippen LogP contribution >= 0.6 is 0 Å². The van der Waals surface area contributed by atoms with Gasteiger partial charge in [-0.2, -0.15) is 0 Å². The number of carbonyl (C=O) groups excluding carboxylic acids is 3. The SMILES string of the molecule is Cc1cc(O)cc(C)c1CC(NC(=O)OC(C)(C)C)C(=O)N(C/C=C/c1ccccc1)[C@H](C)C(N)=O. The van der Waals surface area contributed by atoms with Gasteiger partial charge in [0.05, 0.1) is 0 Å². The minimum Gasteiger partial charge on any atom is -0.508 e. The van der Waals surface area contributed by atoms with E-state index in [0.29, 0.717) is 0 Å². The molecule has 0 fully saturated rings. The lowest BCUT2D eigenvalue weighted by Crippen LogP contribution is -2.55. The number of aryl methyl sites for hydroxylation is 2. The molecular weight excluding hydrogens is 458 g/mol. The fraction of sp³-hybridized carbons (Fsp3) is 0.393. The Kier molecular flexibility index (Phi) is 9.67. The van der Waals surface area contributed by atoms with Gasteiger partial charge in [-0.05, 0) is 75.9 Å². The first-order chi connectivity index (χ1) is 16.8. The number of amides is 3. The van der Waals surface area contributed by atoms with Crippen LogP contribution in [-0.2, 0) is 20.7 Å². The normalized spacial score (nSPS) is 13.2. The Morgan fingerprint density at radius 3 is 2.22 bits per heavy atom. The molecule has 0 saturated carbocycles. The molecule has 0 heterocycles. The Bertz CT molecular complexity index is 1080. The van der Waals surface area contributed by atoms with Crippen LogP contribution in [0.4, 0.5) is 4.79 Å². The molecule has 194 valence electrons. The summed E-state index contributed by atoms with van der Waals surface area (Å²) in [7, 11) is 0. The average molecular weight is 496 g/mol. The Hall–Kier alpha value is -3.81. The van der Waals surface area contributed by atoms with E-state index in [2.05, 4.69) is 5.32 Å². The molecule has 8 heteroatoms. The van der Waals surface area contributed by atoms with Crippen LogP contribution in [-0.4, -0.2) is 52.1 Å². The number of nitrogens with one attached hydrogen (secondary N) is 1. The van der Waals surface area contributed by atoms with E-state index in [9.17, 15) is 19.5 Å². The van der Waals surface area contributed by atoms with Crippen molar-refractivity contribution in [3.8, 4) is 5.75 Å². The molecular formula is C28H37N3O5. The van der Waals surface area contributed by atoms with E-state index >= 15 is 0 Å². The zero-order chi connectivity index (χ0) is 27.0. The number of aromatic hydroxyl groups is 1. The van der Waals surface area contributed by atoms with E-state index < -0.39 is 35.6 Å². The van der Waals surface area contributed by atoms with E-state index in [1.807, 2.05) is 50.3 Å². The van der Waals surface area contributed by atoms with Gasteiger partial charge < -0.3 is 25.8 Å². The summed E-state index contributed by atoms with van der Waals surface area (Å²) in [5.41, 5.74) is 8.09. The quantitative estimate of drug-likeness (QED) is 0.488. The number of alkyl carbamates (subject to hydrolysis) is 1. The number of phenols is 1. The highest BCUT2D eigenvalue weighted by Crippen LogP contribution is 2.23. The van der Waals surface area contributed by atoms with E-state index in [1.54, 1.807) is 45.9 Å². The molecule has 0 saturated heterocycles. The molecule has 1 unspecified atom stereocenters. The lowest BCUT2D eigenvalue weighted by molar-refractivity contribution is -0.139. The average Bonchev–Trinajstić information content (AvgIpc) is 2.76. The molecule has 0 aliphatic carbocycles. The number of ether oxygens (including phenoxy) is 1. The molecule has 0 radical (unpaired) electrons. The molecule has 2 aromatic carbocycles. The highest BCUT2D eigenvalue weighted by Gasteiger charge is 2.32. The minimum absolute atomic E-state index is 0.109. The maximum Gasteiger partial charge on any atom is 0.408 e. The molecule has 4 N–H and O–H groups in total. The van der Waals surface area contributed by atoms with Gasteiger partial charge in [0.2, 0.25) is 11.8 Å². The Balaban J connectivity index is 2.40. The summed E-state index contributed by atoms with van der Waals surface area (Å²) in [6.07, 6.45) is 3.01. The lowest BCUT2D eigenvalue weighted by Gasteiger charge is -2.31. The summed E-state index contributed by atoms with van der Waals surface area (Å²) < 4.78 is 5.40. The van der Waals surface area contributed by atoms with Crippen molar-refractivity contribution >= 4 is 24.0 Å². The van der Waals surface area contributed by atoms with Gasteiger partial charge in [-0.15, -0.1) is 0 Å². The highest BCUT2D eigenvalue weighted by atomic mass is 16.6. The first-order valence-electron chi connectivity index (χ1n) is 11.9. The van der Waals surface area contributed by atoms with Crippen LogP contribution in [0.5, 0.6) is 5.75 Å². The number of primary amides is 1. The van der Waals surface area contributed by atoms with Crippen molar-refractivity contribution in [2.75, 3.05) is 6.54 Å². The fourth-order valence-electron chi connectivity index (χ4n) is 3.81. The largest absolute Gasteiger partial charge is 0.508 e. The number of hydrogen-bond donors (Lipinski definition) is 3. The van der Waals surface area contributed by atoms with Gasteiger partial charge in [-0.1, -0.05) is 42.5 Å². The van der Waals surface area contributed by atoms with Crippen LogP contribution in [0.2, 0.25) is 0 Å². The van der Waals surface area contributed by atoms with Gasteiger partial charge in [0, 0.05) is 13.0 Å². The standard InChI is InChI=1S/C28H37N3O5/c1-18-15-22(32)16-19(2)23(18)17-24(30-27(35)36-28(4,5)6)26(34)31(20(3)25(29)33)14-10-13-21-11-8-7-9-12-21/h7-13,15-16,20,24,32H,14,17H2,1-6H3,(H2,29,33)(H,30,35)/b13-10+/t20-,24?/m1/s1. The third-order valence-corrected chi connectivity index (χ3v) is 5.65. The summed E-state index contributed by atoms with van der Waals surface area (Å²) in [5.74, 6) is -1.02. The second-order valence-electron chi connectivity index (χ2n) is 9.84. The van der Waals surface area contributed by atoms with Crippen LogP contribution in [0.15, 0.2) is 48.5 Å². The molecule has 0 aliphatic rings. The Labute approximate surface area is 213 Å². The van der Waals surface area contributed by atoms with Crippen molar-refractivity contribution in [1.29, 1.82) is 0 Å². The second kappa shape index (κ2) is 12.2. The Morgan fingerprint density at radius 1 is 1.11 bits per heavy atom. The summed E-state index contributed by atoms with van der Waals surface area (Å²) >= 11 is 0. The topological polar surface area (TPSA) is 122 Å². The molecule has 2 atom stereocenters. The number of nitrogens with two attached hydrogens (primary N) is 1. The van der Waals surface area contributed by atoms with E-state index in [4.69, 9.17) is 10.5 Å². The van der Waals surface area contributed by atoms with Gasteiger partial charge in [-0.3, -0.25) is 9.59 Å². The van der Waals surface area contributed by atoms with Crippen molar-refractivity contribution in [1.82, 2.24) is 10.2 Å². The molecule has 0 aromatic heterocycles. The summed E-state index contributed by atoms with van der Waals surface area (Å²) in [6.45, 7) is 10.5. The van der Waals surface area contributed by atoms with Crippen molar-refractivity contribution in [3.05, 3.63) is 70.8 Å². The van der Waals surface area contributed by atoms with Gasteiger partial charge in [0.15, 0.2) is 0 Å². The monoisotopic (exact) mass is 495 g/mol. The highest BCUT2D eigenvalue weighted by molar-refractivity contribution is 5.91. The lowest BCUT2D eigenvalue weighted by atomic mass is 9.95. The molecule has 8 nitrogen and oxygen atoms in total. The predicted octanol–water partition coefficient (Wildman–Crippen LogP) is 3.86. The summed E-state index contributed by atoms with van der Waals surface area (Å²) in [5, 5.41) is 12.6. The van der Waals surface area contributed by atoms with Crippen LogP contribution < -0.4 is 11.1 Å². The van der Waals surface area contributed by atoms with Gasteiger partial charge in [-0.25, -0.2) is 4.79 Å². The van der Waals surface area contributed by atoms with E-state index in [1.165, 1.54) is 4.90 Å². The second-order valence-corrected chi connectivity index (χ2v) is 9.84. The molecule has 2 rings (SSSR count). The smallest absolute Gasteiger partial charge is 0.408 e. The van der Waals surface area contributed by atoms with Crippen LogP contribution in [0.1, 0.15) is 49.9 Å². The molecule has 0 bridgehead atoms. The van der Waals surface area contributed by atoms with E-state index in [0.717, 1.165) is 22.3 Å². The number of hydrogen-bond acceptors (Lipinski definition) is 5. The molecule has 3 amide bonds. The number of carbonyl (C=O) groups is 3. The number of rotatable bonds is 9. The first kappa shape index (κ1) is 28.4. The predicted molar refractivity (Wildman–Crippen MR) is 140 cm³/mol. The fourth-order valence-corrected chi connectivity index (χ4v) is 3.81. The number of benzene rings is 2. The number of phenolic OH excluding ortho intramolecular Hbond substituents is 1. The maximum atomic E-state index is 13.8. The van der Waals surface area contributed by atoms with Crippen LogP contribution in [0, 0.1) is 13.8 Å². The van der Waals surface area contributed by atoms with Crippen molar-refractivity contribution in [3.63, 3.8) is 0 Å². The van der Waals surface area contributed by atoms with E-state index in [-0.39, 0.29) is 18.7 Å². The molecule has 2 aromatic rings. The van der Waals surface area contributed by atoms with Crippen molar-refractivity contribution < 1.29 is 24.2 Å². The maximum absolute atomic E-state index is 13.8. The summed E-state index contributed by atoms with van der Waals surface area (Å²) in [4.78, 5) is 39.9. The Morgan fingerprint density at radius 2 is 1.69 bits per heavy atom. The van der Waals surface area contributed by atoms with Crippen LogP contribution in [0.25, 0.3) is 6.08 Å². The third-order valence-electron chi connectivity index (χ3n) is 5.65. The van der Waals surface area contributed by atoms with Crippen molar-refractivity contribution in [2.24, 2.45) is 5.73 Å².